The van der Waals surface area contributed by atoms with Crippen LogP contribution in [0.1, 0.15) is 16.7 Å². The van der Waals surface area contributed by atoms with Crippen molar-refractivity contribution < 1.29 is 0 Å². The maximum absolute atomic E-state index is 2.40. The summed E-state index contributed by atoms with van der Waals surface area (Å²) in [6.07, 6.45) is 12.5. The summed E-state index contributed by atoms with van der Waals surface area (Å²) in [5.41, 5.74) is 8.65. The molecule has 0 aliphatic heterocycles. The van der Waals surface area contributed by atoms with E-state index in [9.17, 15) is 0 Å². The molecule has 0 heteroatoms. The monoisotopic (exact) mass is 254 g/mol. The first kappa shape index (κ1) is 10.4. The van der Waals surface area contributed by atoms with Crippen molar-refractivity contribution in [1.29, 1.82) is 0 Å². The van der Waals surface area contributed by atoms with Crippen molar-refractivity contribution in [3.8, 4) is 11.1 Å². The SMILES string of the molecule is C1=CC2=CCc3cccc4c3C2(C=C1)c1ccccc1-4. The average molecular weight is 254 g/mol. The number of allylic oxidation sites excluding steroid dienone is 6. The molecule has 0 saturated heterocycles. The minimum absolute atomic E-state index is 0.0322. The Bertz CT molecular complexity index is 833. The molecule has 0 nitrogen and oxygen atoms in total. The Labute approximate surface area is 118 Å². The van der Waals surface area contributed by atoms with E-state index in [0.29, 0.717) is 0 Å². The molecule has 94 valence electrons. The van der Waals surface area contributed by atoms with Gasteiger partial charge < -0.3 is 0 Å². The number of hydrogen-bond donors (Lipinski definition) is 0. The maximum atomic E-state index is 2.40. The molecule has 0 radical (unpaired) electrons. The van der Waals surface area contributed by atoms with Gasteiger partial charge >= 0.3 is 0 Å². The zero-order valence-corrected chi connectivity index (χ0v) is 11.1. The van der Waals surface area contributed by atoms with E-state index in [4.69, 9.17) is 0 Å². The predicted molar refractivity (Wildman–Crippen MR) is 82.7 cm³/mol. The van der Waals surface area contributed by atoms with Gasteiger partial charge in [0.15, 0.2) is 0 Å². The second-order valence-corrected chi connectivity index (χ2v) is 5.78. The molecule has 0 amide bonds. The highest BCUT2D eigenvalue weighted by molar-refractivity contribution is 5.87. The predicted octanol–water partition coefficient (Wildman–Crippen LogP) is 4.56. The van der Waals surface area contributed by atoms with Crippen LogP contribution in [0.15, 0.2) is 78.4 Å². The van der Waals surface area contributed by atoms with Crippen molar-refractivity contribution in [1.82, 2.24) is 0 Å². The molecule has 5 rings (SSSR count). The topological polar surface area (TPSA) is 0 Å². The summed E-state index contributed by atoms with van der Waals surface area (Å²) in [7, 11) is 0. The molecule has 20 heavy (non-hydrogen) atoms. The van der Waals surface area contributed by atoms with E-state index in [1.54, 1.807) is 0 Å². The van der Waals surface area contributed by atoms with Crippen LogP contribution in [-0.4, -0.2) is 0 Å². The molecule has 1 spiro atoms. The van der Waals surface area contributed by atoms with Crippen LogP contribution in [0.2, 0.25) is 0 Å². The molecule has 0 heterocycles. The second kappa shape index (κ2) is 3.40. The molecule has 0 saturated carbocycles. The lowest BCUT2D eigenvalue weighted by atomic mass is 9.66. The first-order valence-electron chi connectivity index (χ1n) is 7.20. The summed E-state index contributed by atoms with van der Waals surface area (Å²) in [6.45, 7) is 0. The molecular formula is C20H14. The average Bonchev–Trinajstić information content (AvgIpc) is 2.81. The lowest BCUT2D eigenvalue weighted by Crippen LogP contribution is -2.29. The third-order valence-corrected chi connectivity index (χ3v) is 4.92. The third-order valence-electron chi connectivity index (χ3n) is 4.92. The standard InChI is InChI=1S/C20H14/c1-2-10-18-16(8-1)17-9-5-6-14-11-12-15-7-3-4-13-20(15,18)19(14)17/h1-10,12-13H,11H2. The van der Waals surface area contributed by atoms with Crippen molar-refractivity contribution in [2.45, 2.75) is 11.8 Å². The van der Waals surface area contributed by atoms with Crippen molar-refractivity contribution in [2.75, 3.05) is 0 Å². The fraction of sp³-hybridized carbons (Fsp3) is 0.100. The Morgan fingerprint density at radius 3 is 2.75 bits per heavy atom. The molecule has 3 aliphatic rings. The minimum atomic E-state index is -0.0322. The maximum Gasteiger partial charge on any atom is 0.0647 e. The van der Waals surface area contributed by atoms with E-state index < -0.39 is 0 Å². The second-order valence-electron chi connectivity index (χ2n) is 5.78. The highest BCUT2D eigenvalue weighted by Crippen LogP contribution is 2.57. The van der Waals surface area contributed by atoms with E-state index >= 15 is 0 Å². The van der Waals surface area contributed by atoms with Gasteiger partial charge in [-0.15, -0.1) is 0 Å². The first-order valence-corrected chi connectivity index (χ1v) is 7.20. The highest BCUT2D eigenvalue weighted by atomic mass is 14.5. The van der Waals surface area contributed by atoms with Crippen molar-refractivity contribution in [2.24, 2.45) is 0 Å². The van der Waals surface area contributed by atoms with Gasteiger partial charge in [0.05, 0.1) is 5.41 Å². The molecule has 0 N–H and O–H groups in total. The molecule has 2 aromatic rings. The molecule has 0 fully saturated rings. The van der Waals surface area contributed by atoms with Crippen molar-refractivity contribution in [3.05, 3.63) is 95.1 Å². The lowest BCUT2D eigenvalue weighted by molar-refractivity contribution is 0.761. The number of hydrogen-bond acceptors (Lipinski definition) is 0. The molecule has 3 aliphatic carbocycles. The summed E-state index contributed by atoms with van der Waals surface area (Å²) in [4.78, 5) is 0. The van der Waals surface area contributed by atoms with Gasteiger partial charge in [0.2, 0.25) is 0 Å². The normalized spacial score (nSPS) is 23.9. The summed E-state index contributed by atoms with van der Waals surface area (Å²) in [5.74, 6) is 0. The van der Waals surface area contributed by atoms with Gasteiger partial charge in [-0.1, -0.05) is 72.8 Å². The Morgan fingerprint density at radius 1 is 0.850 bits per heavy atom. The van der Waals surface area contributed by atoms with Crippen LogP contribution >= 0.6 is 0 Å². The Hall–Kier alpha value is -2.34. The van der Waals surface area contributed by atoms with E-state index in [0.717, 1.165) is 6.42 Å². The Balaban J connectivity index is 2.01. The fourth-order valence-corrected chi connectivity index (χ4v) is 4.17. The van der Waals surface area contributed by atoms with E-state index in [-0.39, 0.29) is 5.41 Å². The number of benzene rings is 2. The van der Waals surface area contributed by atoms with Gasteiger partial charge in [-0.3, -0.25) is 0 Å². The fourth-order valence-electron chi connectivity index (χ4n) is 4.17. The van der Waals surface area contributed by atoms with E-state index in [1.165, 1.54) is 33.4 Å². The van der Waals surface area contributed by atoms with Crippen LogP contribution < -0.4 is 0 Å². The molecule has 0 aromatic heterocycles. The quantitative estimate of drug-likeness (QED) is 0.646. The van der Waals surface area contributed by atoms with Crippen LogP contribution in [0.4, 0.5) is 0 Å². The van der Waals surface area contributed by atoms with Gasteiger partial charge in [-0.05, 0) is 39.8 Å². The van der Waals surface area contributed by atoms with Crippen LogP contribution in [-0.2, 0) is 11.8 Å². The van der Waals surface area contributed by atoms with E-state index in [1.807, 2.05) is 0 Å². The zero-order valence-electron chi connectivity index (χ0n) is 11.1. The zero-order chi connectivity index (χ0) is 13.2. The molecule has 1 unspecified atom stereocenters. The van der Waals surface area contributed by atoms with Crippen LogP contribution in [0, 0.1) is 0 Å². The lowest BCUT2D eigenvalue weighted by Gasteiger charge is -2.36. The summed E-state index contributed by atoms with van der Waals surface area (Å²) in [5, 5.41) is 0. The molecular weight excluding hydrogens is 240 g/mol. The highest BCUT2D eigenvalue weighted by Gasteiger charge is 2.46. The molecule has 1 atom stereocenters. The first-order chi connectivity index (χ1) is 9.91. The number of rotatable bonds is 0. The Morgan fingerprint density at radius 2 is 1.75 bits per heavy atom. The van der Waals surface area contributed by atoms with Gasteiger partial charge in [-0.2, -0.15) is 0 Å². The molecule has 2 aromatic carbocycles. The van der Waals surface area contributed by atoms with Crippen molar-refractivity contribution in [3.63, 3.8) is 0 Å². The summed E-state index contributed by atoms with van der Waals surface area (Å²) < 4.78 is 0. The summed E-state index contributed by atoms with van der Waals surface area (Å²) >= 11 is 0. The van der Waals surface area contributed by atoms with Gasteiger partial charge in [0.1, 0.15) is 0 Å². The largest absolute Gasteiger partial charge is 0.0753 e. The van der Waals surface area contributed by atoms with Gasteiger partial charge in [0.25, 0.3) is 0 Å². The van der Waals surface area contributed by atoms with E-state index in [2.05, 4.69) is 72.8 Å². The smallest absolute Gasteiger partial charge is 0.0647 e. The number of fused-ring (bicyclic) bond motifs is 2. The van der Waals surface area contributed by atoms with Crippen LogP contribution in [0.5, 0.6) is 0 Å². The minimum Gasteiger partial charge on any atom is -0.0753 e. The molecule has 0 bridgehead atoms. The third kappa shape index (κ3) is 1.01. The Kier molecular flexibility index (Phi) is 1.78. The van der Waals surface area contributed by atoms with Gasteiger partial charge in [-0.25, -0.2) is 0 Å². The van der Waals surface area contributed by atoms with Gasteiger partial charge in [0, 0.05) is 0 Å². The van der Waals surface area contributed by atoms with Crippen LogP contribution in [0.25, 0.3) is 11.1 Å². The van der Waals surface area contributed by atoms with Crippen molar-refractivity contribution >= 4 is 0 Å². The summed E-state index contributed by atoms with van der Waals surface area (Å²) in [6, 6.07) is 15.6. The van der Waals surface area contributed by atoms with Crippen LogP contribution in [0.3, 0.4) is 0 Å².